The van der Waals surface area contributed by atoms with Crippen LogP contribution < -0.4 is 10.5 Å². The molecule has 4 heteroatoms. The van der Waals surface area contributed by atoms with Crippen LogP contribution in [0.25, 0.3) is 0 Å². The Labute approximate surface area is 108 Å². The summed E-state index contributed by atoms with van der Waals surface area (Å²) in [7, 11) is 1.98. The minimum atomic E-state index is -0.145. The summed E-state index contributed by atoms with van der Waals surface area (Å²) in [4.78, 5) is 6.33. The fourth-order valence-electron chi connectivity index (χ4n) is 2.11. The molecule has 1 heterocycles. The molecule has 0 aromatic heterocycles. The van der Waals surface area contributed by atoms with E-state index >= 15 is 0 Å². The van der Waals surface area contributed by atoms with Crippen LogP contribution in [0.2, 0.25) is 0 Å². The van der Waals surface area contributed by atoms with Crippen molar-refractivity contribution in [3.05, 3.63) is 29.8 Å². The van der Waals surface area contributed by atoms with E-state index in [-0.39, 0.29) is 5.54 Å². The molecule has 1 unspecified atom stereocenters. The second kappa shape index (κ2) is 4.88. The average molecular weight is 247 g/mol. The molecule has 2 rings (SSSR count). The molecular weight excluding hydrogens is 226 g/mol. The molecule has 98 valence electrons. The van der Waals surface area contributed by atoms with Gasteiger partial charge < -0.3 is 15.4 Å². The Kier molecular flexibility index (Phi) is 3.45. The number of likely N-dealkylation sites (N-methyl/N-ethyl adjacent to an activating group) is 1. The van der Waals surface area contributed by atoms with Crippen LogP contribution in [0.4, 0.5) is 0 Å². The van der Waals surface area contributed by atoms with Crippen molar-refractivity contribution in [1.82, 2.24) is 4.90 Å². The van der Waals surface area contributed by atoms with E-state index in [0.717, 1.165) is 18.8 Å². The van der Waals surface area contributed by atoms with Gasteiger partial charge in [-0.25, -0.2) is 0 Å². The van der Waals surface area contributed by atoms with Gasteiger partial charge in [0.05, 0.1) is 18.7 Å². The summed E-state index contributed by atoms with van der Waals surface area (Å²) in [5.41, 5.74) is 6.90. The van der Waals surface area contributed by atoms with Crippen molar-refractivity contribution >= 4 is 5.96 Å². The van der Waals surface area contributed by atoms with Crippen LogP contribution in [0, 0.1) is 0 Å². The average Bonchev–Trinajstić information content (AvgIpc) is 2.66. The minimum Gasteiger partial charge on any atom is -0.494 e. The van der Waals surface area contributed by atoms with Crippen LogP contribution in [-0.2, 0) is 5.54 Å². The van der Waals surface area contributed by atoms with Crippen molar-refractivity contribution in [2.45, 2.75) is 25.8 Å². The summed E-state index contributed by atoms with van der Waals surface area (Å²) >= 11 is 0. The number of ether oxygens (including phenoxy) is 1. The van der Waals surface area contributed by atoms with Crippen molar-refractivity contribution < 1.29 is 4.74 Å². The monoisotopic (exact) mass is 247 g/mol. The number of hydrogen-bond donors (Lipinski definition) is 1. The van der Waals surface area contributed by atoms with E-state index in [1.165, 1.54) is 5.56 Å². The molecule has 0 aliphatic carbocycles. The van der Waals surface area contributed by atoms with Gasteiger partial charge in [-0.1, -0.05) is 19.1 Å². The van der Waals surface area contributed by atoms with E-state index < -0.39 is 0 Å². The molecular formula is C14H21N3O. The Morgan fingerprint density at radius 3 is 2.56 bits per heavy atom. The molecule has 18 heavy (non-hydrogen) atoms. The molecule has 1 aliphatic heterocycles. The normalized spacial score (nSPS) is 23.1. The molecule has 0 fully saturated rings. The second-order valence-electron chi connectivity index (χ2n) is 4.88. The quantitative estimate of drug-likeness (QED) is 0.884. The first-order valence-corrected chi connectivity index (χ1v) is 6.35. The third-order valence-corrected chi connectivity index (χ3v) is 3.58. The van der Waals surface area contributed by atoms with Crippen molar-refractivity contribution in [3.63, 3.8) is 0 Å². The number of guanidine groups is 1. The third-order valence-electron chi connectivity index (χ3n) is 3.58. The van der Waals surface area contributed by atoms with Crippen LogP contribution in [-0.4, -0.2) is 31.1 Å². The SMILES string of the molecule is CCCOc1ccc(C2(C)CN=C(N)N2C)cc1. The number of rotatable bonds is 4. The second-order valence-corrected chi connectivity index (χ2v) is 4.88. The number of aliphatic imine (C=N–C) groups is 1. The summed E-state index contributed by atoms with van der Waals surface area (Å²) in [5.74, 6) is 1.52. The van der Waals surface area contributed by atoms with Crippen LogP contribution in [0.15, 0.2) is 29.3 Å². The predicted octanol–water partition coefficient (Wildman–Crippen LogP) is 1.95. The van der Waals surface area contributed by atoms with Gasteiger partial charge in [-0.15, -0.1) is 0 Å². The Morgan fingerprint density at radius 1 is 1.39 bits per heavy atom. The van der Waals surface area contributed by atoms with Crippen LogP contribution in [0.1, 0.15) is 25.8 Å². The Hall–Kier alpha value is -1.71. The lowest BCUT2D eigenvalue weighted by Crippen LogP contribution is -2.44. The zero-order chi connectivity index (χ0) is 13.2. The fraction of sp³-hybridized carbons (Fsp3) is 0.500. The highest BCUT2D eigenvalue weighted by atomic mass is 16.5. The van der Waals surface area contributed by atoms with E-state index in [1.807, 2.05) is 24.1 Å². The number of nitrogens with two attached hydrogens (primary N) is 1. The molecule has 1 aliphatic rings. The molecule has 0 saturated heterocycles. The third kappa shape index (κ3) is 2.15. The maximum absolute atomic E-state index is 5.84. The van der Waals surface area contributed by atoms with Gasteiger partial charge in [-0.2, -0.15) is 0 Å². The summed E-state index contributed by atoms with van der Waals surface area (Å²) in [5, 5.41) is 0. The van der Waals surface area contributed by atoms with Gasteiger partial charge in [0.1, 0.15) is 5.75 Å². The van der Waals surface area contributed by atoms with Gasteiger partial charge in [0, 0.05) is 7.05 Å². The summed E-state index contributed by atoms with van der Waals surface area (Å²) in [6.45, 7) is 5.71. The van der Waals surface area contributed by atoms with Gasteiger partial charge in [0.15, 0.2) is 5.96 Å². The molecule has 1 aromatic rings. The van der Waals surface area contributed by atoms with Gasteiger partial charge in [0.25, 0.3) is 0 Å². The first-order chi connectivity index (χ1) is 8.58. The molecule has 0 saturated carbocycles. The largest absolute Gasteiger partial charge is 0.494 e. The Balaban J connectivity index is 2.15. The van der Waals surface area contributed by atoms with Crippen molar-refractivity contribution in [1.29, 1.82) is 0 Å². The zero-order valence-corrected chi connectivity index (χ0v) is 11.3. The van der Waals surface area contributed by atoms with Crippen molar-refractivity contribution in [2.24, 2.45) is 10.7 Å². The molecule has 1 aromatic carbocycles. The number of nitrogens with zero attached hydrogens (tertiary/aromatic N) is 2. The summed E-state index contributed by atoms with van der Waals surface area (Å²) in [6, 6.07) is 8.21. The smallest absolute Gasteiger partial charge is 0.191 e. The van der Waals surface area contributed by atoms with E-state index in [2.05, 4.69) is 31.0 Å². The summed E-state index contributed by atoms with van der Waals surface area (Å²) in [6.07, 6.45) is 1.02. The van der Waals surface area contributed by atoms with Crippen molar-refractivity contribution in [3.8, 4) is 5.75 Å². The van der Waals surface area contributed by atoms with Gasteiger partial charge in [-0.05, 0) is 31.0 Å². The Bertz CT molecular complexity index is 441. The van der Waals surface area contributed by atoms with E-state index in [4.69, 9.17) is 10.5 Å². The van der Waals surface area contributed by atoms with E-state index in [9.17, 15) is 0 Å². The molecule has 2 N–H and O–H groups in total. The van der Waals surface area contributed by atoms with Crippen molar-refractivity contribution in [2.75, 3.05) is 20.2 Å². The molecule has 0 bridgehead atoms. The van der Waals surface area contributed by atoms with Gasteiger partial charge in [-0.3, -0.25) is 4.99 Å². The number of hydrogen-bond acceptors (Lipinski definition) is 4. The van der Waals surface area contributed by atoms with Crippen LogP contribution in [0.3, 0.4) is 0 Å². The molecule has 0 spiro atoms. The molecule has 0 radical (unpaired) electrons. The first kappa shape index (κ1) is 12.7. The van der Waals surface area contributed by atoms with Crippen LogP contribution >= 0.6 is 0 Å². The molecule has 0 amide bonds. The zero-order valence-electron chi connectivity index (χ0n) is 11.3. The first-order valence-electron chi connectivity index (χ1n) is 6.35. The highest BCUT2D eigenvalue weighted by molar-refractivity contribution is 5.81. The lowest BCUT2D eigenvalue weighted by Gasteiger charge is -2.33. The summed E-state index contributed by atoms with van der Waals surface area (Å²) < 4.78 is 5.59. The number of benzene rings is 1. The highest BCUT2D eigenvalue weighted by Crippen LogP contribution is 2.32. The molecule has 4 nitrogen and oxygen atoms in total. The molecule has 1 atom stereocenters. The maximum Gasteiger partial charge on any atom is 0.191 e. The van der Waals surface area contributed by atoms with E-state index in [0.29, 0.717) is 12.5 Å². The topological polar surface area (TPSA) is 50.9 Å². The highest BCUT2D eigenvalue weighted by Gasteiger charge is 2.36. The lowest BCUT2D eigenvalue weighted by atomic mass is 9.91. The van der Waals surface area contributed by atoms with Crippen LogP contribution in [0.5, 0.6) is 5.75 Å². The predicted molar refractivity (Wildman–Crippen MR) is 73.8 cm³/mol. The van der Waals surface area contributed by atoms with E-state index in [1.54, 1.807) is 0 Å². The minimum absolute atomic E-state index is 0.145. The van der Waals surface area contributed by atoms with Gasteiger partial charge in [0.2, 0.25) is 0 Å². The van der Waals surface area contributed by atoms with Gasteiger partial charge >= 0.3 is 0 Å². The fourth-order valence-corrected chi connectivity index (χ4v) is 2.11. The standard InChI is InChI=1S/C14H21N3O/c1-4-9-18-12-7-5-11(6-8-12)14(2)10-16-13(15)17(14)3/h5-8H,4,9-10H2,1-3H3,(H2,15,16). The maximum atomic E-state index is 5.84. The Morgan fingerprint density at radius 2 is 2.06 bits per heavy atom. The lowest BCUT2D eigenvalue weighted by molar-refractivity contribution is 0.266.